The number of hydrogen-bond acceptors (Lipinski definition) is 3. The Balaban J connectivity index is 1.84. The van der Waals surface area contributed by atoms with Crippen molar-refractivity contribution in [3.8, 4) is 0 Å². The molecule has 1 atom stereocenters. The zero-order valence-electron chi connectivity index (χ0n) is 17.0. The van der Waals surface area contributed by atoms with Crippen molar-refractivity contribution in [3.63, 3.8) is 0 Å². The van der Waals surface area contributed by atoms with Crippen molar-refractivity contribution in [2.45, 2.75) is 39.3 Å². The predicted molar refractivity (Wildman–Crippen MR) is 123 cm³/mol. The second kappa shape index (κ2) is 9.01. The molecule has 0 saturated carbocycles. The Bertz CT molecular complexity index is 1020. The molecule has 158 valence electrons. The molecule has 0 spiro atoms. The minimum atomic E-state index is -0.816. The lowest BCUT2D eigenvalue weighted by molar-refractivity contribution is -0.125. The molecule has 1 aliphatic heterocycles. The van der Waals surface area contributed by atoms with E-state index >= 15 is 0 Å². The first-order valence-corrected chi connectivity index (χ1v) is 10.8. The lowest BCUT2D eigenvalue weighted by Gasteiger charge is -2.35. The van der Waals surface area contributed by atoms with E-state index in [2.05, 4.69) is 5.32 Å². The largest absolute Gasteiger partial charge is 0.359 e. The molecule has 7 heteroatoms. The Morgan fingerprint density at radius 3 is 2.50 bits per heavy atom. The summed E-state index contributed by atoms with van der Waals surface area (Å²) in [5.41, 5.74) is 1.00. The number of carbonyl (C=O) groups excluding carboxylic acids is 2. The second-order valence-corrected chi connectivity index (χ2v) is 9.15. The van der Waals surface area contributed by atoms with Gasteiger partial charge in [0.2, 0.25) is 5.91 Å². The number of nitrogens with zero attached hydrogens (tertiary/aromatic N) is 1. The van der Waals surface area contributed by atoms with Crippen molar-refractivity contribution < 1.29 is 9.59 Å². The van der Waals surface area contributed by atoms with Crippen LogP contribution in [0.3, 0.4) is 0 Å². The van der Waals surface area contributed by atoms with E-state index < -0.39 is 5.54 Å². The average Bonchev–Trinajstić information content (AvgIpc) is 3.07. The van der Waals surface area contributed by atoms with Crippen LogP contribution in [0.1, 0.15) is 43.1 Å². The molecule has 2 aromatic rings. The highest BCUT2D eigenvalue weighted by Crippen LogP contribution is 2.33. The second-order valence-electron chi connectivity index (χ2n) is 7.90. The lowest BCUT2D eigenvalue weighted by Crippen LogP contribution is -2.49. The fraction of sp³-hybridized carbons (Fsp3) is 0.304. The van der Waals surface area contributed by atoms with Crippen molar-refractivity contribution >= 4 is 52.2 Å². The van der Waals surface area contributed by atoms with E-state index in [-0.39, 0.29) is 17.6 Å². The van der Waals surface area contributed by atoms with Gasteiger partial charge in [0.25, 0.3) is 0 Å². The van der Waals surface area contributed by atoms with E-state index in [0.717, 1.165) is 5.56 Å². The van der Waals surface area contributed by atoms with Crippen LogP contribution in [0.4, 0.5) is 5.69 Å². The first kappa shape index (κ1) is 22.7. The van der Waals surface area contributed by atoms with Crippen molar-refractivity contribution in [2.75, 3.05) is 5.32 Å². The van der Waals surface area contributed by atoms with E-state index in [1.807, 2.05) is 44.0 Å². The van der Waals surface area contributed by atoms with Gasteiger partial charge in [0.15, 0.2) is 5.78 Å². The SMILES string of the molecule is CC(C)C(=O)c1cc(Cl)ccc1NC(=O)[C@@]1(C)CC=CN1Cc1ccc(Cl)c(Cl)c1. The van der Waals surface area contributed by atoms with Gasteiger partial charge in [-0.2, -0.15) is 0 Å². The summed E-state index contributed by atoms with van der Waals surface area (Å²) in [5, 5.41) is 4.36. The van der Waals surface area contributed by atoms with Crippen molar-refractivity contribution in [3.05, 3.63) is 74.9 Å². The first-order chi connectivity index (χ1) is 14.1. The van der Waals surface area contributed by atoms with Crippen molar-refractivity contribution in [1.29, 1.82) is 0 Å². The van der Waals surface area contributed by atoms with Gasteiger partial charge in [0.1, 0.15) is 5.54 Å². The van der Waals surface area contributed by atoms with Gasteiger partial charge in [-0.3, -0.25) is 9.59 Å². The summed E-state index contributed by atoms with van der Waals surface area (Å²) in [7, 11) is 0. The number of halogens is 3. The number of anilines is 1. The standard InChI is InChI=1S/C23H23Cl3N2O2/c1-14(2)21(29)17-12-16(24)6-8-20(17)27-22(30)23(3)9-4-10-28(23)13-15-5-7-18(25)19(26)11-15/h4-8,10-12,14H,9,13H2,1-3H3,(H,27,30)/t23-/m1/s1. The molecule has 1 amide bonds. The number of benzene rings is 2. The molecule has 0 unspecified atom stereocenters. The summed E-state index contributed by atoms with van der Waals surface area (Å²) in [6.45, 7) is 6.00. The number of rotatable bonds is 6. The minimum absolute atomic E-state index is 0.0739. The van der Waals surface area contributed by atoms with Gasteiger partial charge in [-0.15, -0.1) is 0 Å². The van der Waals surface area contributed by atoms with E-state index in [0.29, 0.717) is 39.3 Å². The molecule has 0 saturated heterocycles. The molecule has 0 aliphatic carbocycles. The molecule has 3 rings (SSSR count). The zero-order chi connectivity index (χ0) is 22.1. The van der Waals surface area contributed by atoms with Crippen LogP contribution < -0.4 is 5.32 Å². The minimum Gasteiger partial charge on any atom is -0.359 e. The third-order valence-corrected chi connectivity index (χ3v) is 6.25. The maximum absolute atomic E-state index is 13.3. The number of carbonyl (C=O) groups is 2. The van der Waals surface area contributed by atoms with Crippen LogP contribution in [0.15, 0.2) is 48.7 Å². The summed E-state index contributed by atoms with van der Waals surface area (Å²) < 4.78 is 0. The third-order valence-electron chi connectivity index (χ3n) is 5.28. The Morgan fingerprint density at radius 1 is 1.10 bits per heavy atom. The molecule has 30 heavy (non-hydrogen) atoms. The topological polar surface area (TPSA) is 49.4 Å². The fourth-order valence-electron chi connectivity index (χ4n) is 3.37. The molecule has 2 aromatic carbocycles. The highest BCUT2D eigenvalue weighted by molar-refractivity contribution is 6.42. The Kier molecular flexibility index (Phi) is 6.81. The number of Topliss-reactive ketones (excluding diaryl/α,β-unsaturated/α-hetero) is 1. The van der Waals surface area contributed by atoms with E-state index in [4.69, 9.17) is 34.8 Å². The van der Waals surface area contributed by atoms with Crippen LogP contribution in [0.25, 0.3) is 0 Å². The lowest BCUT2D eigenvalue weighted by atomic mass is 9.95. The average molecular weight is 466 g/mol. The Labute approximate surface area is 191 Å². The van der Waals surface area contributed by atoms with Gasteiger partial charge in [-0.1, -0.05) is 60.8 Å². The van der Waals surface area contributed by atoms with Gasteiger partial charge in [-0.05, 0) is 55.4 Å². The summed E-state index contributed by atoms with van der Waals surface area (Å²) in [6.07, 6.45) is 4.41. The van der Waals surface area contributed by atoms with E-state index in [1.54, 1.807) is 30.3 Å². The molecule has 1 aliphatic rings. The van der Waals surface area contributed by atoms with Crippen LogP contribution >= 0.6 is 34.8 Å². The van der Waals surface area contributed by atoms with Gasteiger partial charge < -0.3 is 10.2 Å². The van der Waals surface area contributed by atoms with Gasteiger partial charge >= 0.3 is 0 Å². The summed E-state index contributed by atoms with van der Waals surface area (Å²) in [6, 6.07) is 10.4. The molecule has 4 nitrogen and oxygen atoms in total. The van der Waals surface area contributed by atoms with Gasteiger partial charge in [0.05, 0.1) is 15.7 Å². The molecule has 0 aromatic heterocycles. The van der Waals surface area contributed by atoms with Crippen LogP contribution in [0.2, 0.25) is 15.1 Å². The maximum atomic E-state index is 13.3. The maximum Gasteiger partial charge on any atom is 0.250 e. The van der Waals surface area contributed by atoms with Crippen molar-refractivity contribution in [2.24, 2.45) is 5.92 Å². The summed E-state index contributed by atoms with van der Waals surface area (Å²) in [5.74, 6) is -0.489. The molecular formula is C23H23Cl3N2O2. The number of ketones is 1. The monoisotopic (exact) mass is 464 g/mol. The molecule has 1 N–H and O–H groups in total. The third kappa shape index (κ3) is 4.66. The highest BCUT2D eigenvalue weighted by Gasteiger charge is 2.40. The van der Waals surface area contributed by atoms with Crippen LogP contribution in [-0.4, -0.2) is 22.1 Å². The molecular weight excluding hydrogens is 443 g/mol. The number of amides is 1. The summed E-state index contributed by atoms with van der Waals surface area (Å²) >= 11 is 18.2. The number of hydrogen-bond donors (Lipinski definition) is 1. The van der Waals surface area contributed by atoms with Crippen LogP contribution in [-0.2, 0) is 11.3 Å². The fourth-order valence-corrected chi connectivity index (χ4v) is 3.87. The molecule has 0 radical (unpaired) electrons. The van der Waals surface area contributed by atoms with Gasteiger partial charge in [0, 0.05) is 23.0 Å². The molecule has 0 fully saturated rings. The van der Waals surface area contributed by atoms with E-state index in [9.17, 15) is 9.59 Å². The van der Waals surface area contributed by atoms with Crippen LogP contribution in [0, 0.1) is 5.92 Å². The highest BCUT2D eigenvalue weighted by atomic mass is 35.5. The quantitative estimate of drug-likeness (QED) is 0.489. The molecule has 0 bridgehead atoms. The number of nitrogens with one attached hydrogen (secondary N) is 1. The normalized spacial score (nSPS) is 18.2. The van der Waals surface area contributed by atoms with Gasteiger partial charge in [-0.25, -0.2) is 0 Å². The molecule has 1 heterocycles. The summed E-state index contributed by atoms with van der Waals surface area (Å²) in [4.78, 5) is 27.9. The Hall–Kier alpha value is -2.01. The van der Waals surface area contributed by atoms with Crippen LogP contribution in [0.5, 0.6) is 0 Å². The predicted octanol–water partition coefficient (Wildman–Crippen LogP) is 6.60. The van der Waals surface area contributed by atoms with E-state index in [1.165, 1.54) is 0 Å². The first-order valence-electron chi connectivity index (χ1n) is 9.64. The van der Waals surface area contributed by atoms with Crippen molar-refractivity contribution in [1.82, 2.24) is 4.90 Å². The zero-order valence-corrected chi connectivity index (χ0v) is 19.3. The smallest absolute Gasteiger partial charge is 0.250 e. The Morgan fingerprint density at radius 2 is 1.83 bits per heavy atom.